The van der Waals surface area contributed by atoms with Crippen molar-refractivity contribution in [3.05, 3.63) is 0 Å². The zero-order chi connectivity index (χ0) is 0. The molecule has 0 aliphatic carbocycles. The summed E-state index contributed by atoms with van der Waals surface area (Å²) in [5.41, 5.74) is 0. The Morgan fingerprint density at radius 3 is 1.00 bits per heavy atom. The van der Waals surface area contributed by atoms with E-state index in [1.165, 1.54) is 0 Å². The molecule has 0 aromatic rings. The molecule has 0 bridgehead atoms. The van der Waals surface area contributed by atoms with E-state index in [2.05, 4.69) is 0 Å². The van der Waals surface area contributed by atoms with Crippen LogP contribution in [0.1, 0.15) is 0 Å². The van der Waals surface area contributed by atoms with Gasteiger partial charge in [0, 0.05) is 133 Å². The van der Waals surface area contributed by atoms with Crippen LogP contribution in [0.4, 0.5) is 0 Å². The van der Waals surface area contributed by atoms with Crippen LogP contribution in [0.2, 0.25) is 0 Å². The summed E-state index contributed by atoms with van der Waals surface area (Å²) in [6, 6.07) is 0. The van der Waals surface area contributed by atoms with Gasteiger partial charge in [0.2, 0.25) is 0 Å². The van der Waals surface area contributed by atoms with Gasteiger partial charge in [0.25, 0.3) is 0 Å². The van der Waals surface area contributed by atoms with E-state index in [0.29, 0.717) is 0 Å². The van der Waals surface area contributed by atoms with Gasteiger partial charge in [-0.25, -0.2) is 0 Å². The Morgan fingerprint density at radius 1 is 1.00 bits per heavy atom. The SMILES string of the molecule is [Bi].[Co].[Fe].[K].[Mo]. The van der Waals surface area contributed by atoms with Crippen molar-refractivity contribution in [2.75, 3.05) is 0 Å². The molecule has 0 rings (SSSR count). The van der Waals surface area contributed by atoms with Crippen LogP contribution in [0.3, 0.4) is 0 Å². The summed E-state index contributed by atoms with van der Waals surface area (Å²) in [5, 5.41) is 0. The smallest absolute Gasteiger partial charge is 0 e. The van der Waals surface area contributed by atoms with Crippen molar-refractivity contribution >= 4 is 77.6 Å². The predicted octanol–water partition coefficient (Wildman–Crippen LogP) is -0.769. The van der Waals surface area contributed by atoms with Crippen LogP contribution in [0.25, 0.3) is 0 Å². The Bertz CT molecular complexity index is 11.6. The Balaban J connectivity index is 0. The molecule has 5 radical (unpaired) electrons. The first-order valence-electron chi connectivity index (χ1n) is 0. The van der Waals surface area contributed by atoms with Crippen LogP contribution < -0.4 is 0 Å². The van der Waals surface area contributed by atoms with E-state index in [1.807, 2.05) is 0 Å². The molecule has 0 spiro atoms. The van der Waals surface area contributed by atoms with Gasteiger partial charge < -0.3 is 0 Å². The van der Waals surface area contributed by atoms with Crippen LogP contribution in [0, 0.1) is 0 Å². The van der Waals surface area contributed by atoms with Gasteiger partial charge in [-0.15, -0.1) is 0 Å². The van der Waals surface area contributed by atoms with Crippen molar-refractivity contribution in [1.29, 1.82) is 0 Å². The van der Waals surface area contributed by atoms with E-state index in [4.69, 9.17) is 0 Å². The third-order valence-corrected chi connectivity index (χ3v) is 0. The second-order valence-electron chi connectivity index (χ2n) is 0. The van der Waals surface area contributed by atoms with Crippen molar-refractivity contribution < 1.29 is 54.9 Å². The van der Waals surface area contributed by atoms with Gasteiger partial charge in [-0.3, -0.25) is 0 Å². The summed E-state index contributed by atoms with van der Waals surface area (Å²) in [4.78, 5) is 0. The van der Waals surface area contributed by atoms with Crippen molar-refractivity contribution in [2.24, 2.45) is 0 Å². The Kier molecular flexibility index (Phi) is 168. The van der Waals surface area contributed by atoms with Gasteiger partial charge in [-0.2, -0.15) is 0 Å². The van der Waals surface area contributed by atoms with E-state index >= 15 is 0 Å². The Labute approximate surface area is 129 Å². The fourth-order valence-electron chi connectivity index (χ4n) is 0. The van der Waals surface area contributed by atoms with Gasteiger partial charge >= 0.3 is 0 Å². The molecule has 0 fully saturated rings. The summed E-state index contributed by atoms with van der Waals surface area (Å²) in [5.74, 6) is 0. The normalized spacial score (nSPS) is 0. The molecule has 0 heterocycles. The van der Waals surface area contributed by atoms with Crippen molar-refractivity contribution in [1.82, 2.24) is 0 Å². The molecule has 0 aromatic carbocycles. The Morgan fingerprint density at radius 2 is 1.00 bits per heavy atom. The van der Waals surface area contributed by atoms with E-state index in [-0.39, 0.29) is 133 Å². The summed E-state index contributed by atoms with van der Waals surface area (Å²) in [6.45, 7) is 0. The molecule has 0 aliphatic heterocycles. The third kappa shape index (κ3) is 17.9. The largest absolute Gasteiger partial charge is 0 e. The van der Waals surface area contributed by atoms with E-state index in [0.717, 1.165) is 0 Å². The first-order chi connectivity index (χ1) is 0. The van der Waals surface area contributed by atoms with Gasteiger partial charge in [-0.1, -0.05) is 0 Å². The van der Waals surface area contributed by atoms with E-state index < -0.39 is 0 Å². The number of rotatable bonds is 0. The molecule has 0 nitrogen and oxygen atoms in total. The average molecular weight is 459 g/mol. The van der Waals surface area contributed by atoms with Crippen LogP contribution in [-0.2, 0) is 54.9 Å². The monoisotopic (exact) mass is 461 g/mol. The minimum Gasteiger partial charge on any atom is 0 e. The minimum atomic E-state index is 0. The minimum absolute atomic E-state index is 0. The predicted molar refractivity (Wildman–Crippen MR) is 11.5 cm³/mol. The zero-order valence-electron chi connectivity index (χ0n) is 2.54. The third-order valence-electron chi connectivity index (χ3n) is 0. The fraction of sp³-hybridized carbons (Fsp3) is 0. The molecule has 0 unspecified atom stereocenters. The summed E-state index contributed by atoms with van der Waals surface area (Å²) in [6.07, 6.45) is 0. The van der Waals surface area contributed by atoms with Crippen LogP contribution in [0.5, 0.6) is 0 Å². The first kappa shape index (κ1) is 34.9. The van der Waals surface area contributed by atoms with Gasteiger partial charge in [-0.05, 0) is 0 Å². The molecular formula is BiCoFeKMo. The number of hydrogen-bond acceptors (Lipinski definition) is 0. The molecule has 0 N–H and O–H groups in total. The van der Waals surface area contributed by atoms with E-state index in [1.54, 1.807) is 0 Å². The fourth-order valence-corrected chi connectivity index (χ4v) is 0. The van der Waals surface area contributed by atoms with Gasteiger partial charge in [0.1, 0.15) is 0 Å². The first-order valence-corrected chi connectivity index (χ1v) is 0. The molecule has 0 amide bonds. The molecule has 5 heteroatoms. The maximum absolute atomic E-state index is 0. The van der Waals surface area contributed by atoms with Gasteiger partial charge in [0.05, 0.1) is 0 Å². The second kappa shape index (κ2) is 24.0. The zero-order valence-corrected chi connectivity index (χ0v) is 13.3. The van der Waals surface area contributed by atoms with Crippen LogP contribution in [-0.4, -0.2) is 77.6 Å². The molecule has 0 aliphatic rings. The molecule has 5 heavy (non-hydrogen) atoms. The molecule has 29 valence electrons. The summed E-state index contributed by atoms with van der Waals surface area (Å²) >= 11 is 0. The van der Waals surface area contributed by atoms with Crippen molar-refractivity contribution in [2.45, 2.75) is 0 Å². The van der Waals surface area contributed by atoms with Crippen molar-refractivity contribution in [3.63, 3.8) is 0 Å². The molecule has 0 aromatic heterocycles. The molecule has 0 saturated heterocycles. The van der Waals surface area contributed by atoms with Crippen LogP contribution >= 0.6 is 0 Å². The average Bonchev–Trinajstić information content (AvgIpc) is 0. The van der Waals surface area contributed by atoms with Crippen molar-refractivity contribution in [3.8, 4) is 0 Å². The van der Waals surface area contributed by atoms with Crippen LogP contribution in [0.15, 0.2) is 0 Å². The second-order valence-corrected chi connectivity index (χ2v) is 0. The quantitative estimate of drug-likeness (QED) is 0.418. The summed E-state index contributed by atoms with van der Waals surface area (Å²) < 4.78 is 0. The topological polar surface area (TPSA) is 0 Å². The Hall–Kier alpha value is 4.23. The van der Waals surface area contributed by atoms with Gasteiger partial charge in [0.15, 0.2) is 0 Å². The molecule has 0 saturated carbocycles. The molecule has 0 atom stereocenters. The molecular weight excluding hydrogens is 459 g/mol. The standard InChI is InChI=1S/Bi.Co.Fe.K.Mo. The maximum Gasteiger partial charge on any atom is 0 e. The summed E-state index contributed by atoms with van der Waals surface area (Å²) in [7, 11) is 0. The van der Waals surface area contributed by atoms with E-state index in [9.17, 15) is 0 Å². The maximum atomic E-state index is 0. The number of hydrogen-bond donors (Lipinski definition) is 0.